The lowest BCUT2D eigenvalue weighted by Crippen LogP contribution is -2.34. The highest BCUT2D eigenvalue weighted by atomic mass is 79.9. The van der Waals surface area contributed by atoms with Gasteiger partial charge in [0, 0.05) is 13.7 Å². The highest BCUT2D eigenvalue weighted by Gasteiger charge is 2.25. The van der Waals surface area contributed by atoms with Gasteiger partial charge in [-0.3, -0.25) is 4.68 Å². The zero-order valence-electron chi connectivity index (χ0n) is 12.1. The van der Waals surface area contributed by atoms with Gasteiger partial charge in [0.25, 0.3) is 0 Å². The molecule has 0 saturated heterocycles. The van der Waals surface area contributed by atoms with Crippen LogP contribution in [0, 0.1) is 0 Å². The number of nitrogens with one attached hydrogen (secondary N) is 1. The number of rotatable bonds is 9. The average molecular weight is 334 g/mol. The summed E-state index contributed by atoms with van der Waals surface area (Å²) in [7, 11) is 1.70. The van der Waals surface area contributed by atoms with Crippen LogP contribution in [-0.2, 0) is 16.0 Å². The van der Waals surface area contributed by atoms with E-state index in [4.69, 9.17) is 9.47 Å². The molecular weight excluding hydrogens is 310 g/mol. The van der Waals surface area contributed by atoms with Crippen molar-refractivity contribution in [3.8, 4) is 0 Å². The van der Waals surface area contributed by atoms with Crippen molar-refractivity contribution in [2.24, 2.45) is 0 Å². The number of likely N-dealkylation sites (N-methyl/N-ethyl adjacent to an activating group) is 1. The maximum atomic E-state index is 5.74. The van der Waals surface area contributed by atoms with E-state index in [0.29, 0.717) is 13.2 Å². The fraction of sp³-hybridized carbons (Fsp3) is 0.769. The van der Waals surface area contributed by atoms with Crippen molar-refractivity contribution in [1.29, 1.82) is 0 Å². The highest BCUT2D eigenvalue weighted by molar-refractivity contribution is 9.10. The van der Waals surface area contributed by atoms with E-state index in [1.54, 1.807) is 7.11 Å². The van der Waals surface area contributed by atoms with Crippen molar-refractivity contribution >= 4 is 15.9 Å². The Balaban J connectivity index is 2.96. The topological polar surface area (TPSA) is 48.3 Å². The normalized spacial score (nSPS) is 14.6. The van der Waals surface area contributed by atoms with Gasteiger partial charge in [-0.05, 0) is 36.3 Å². The summed E-state index contributed by atoms with van der Waals surface area (Å²) in [6.45, 7) is 9.14. The summed E-state index contributed by atoms with van der Waals surface area (Å²) in [4.78, 5) is 0. The zero-order valence-corrected chi connectivity index (χ0v) is 13.7. The summed E-state index contributed by atoms with van der Waals surface area (Å²) >= 11 is 3.58. The van der Waals surface area contributed by atoms with E-state index >= 15 is 0 Å². The molecule has 1 rings (SSSR count). The smallest absolute Gasteiger partial charge is 0.0767 e. The number of halogens is 1. The van der Waals surface area contributed by atoms with Crippen LogP contribution in [0.4, 0.5) is 0 Å². The molecule has 1 aromatic heterocycles. The molecule has 1 aromatic rings. The zero-order chi connectivity index (χ0) is 14.3. The molecule has 0 radical (unpaired) electrons. The Labute approximate surface area is 123 Å². The predicted octanol–water partition coefficient (Wildman–Crippen LogP) is 2.37. The minimum Gasteiger partial charge on any atom is -0.383 e. The number of methoxy groups -OCH3 is 1. The lowest BCUT2D eigenvalue weighted by Gasteiger charge is -2.26. The van der Waals surface area contributed by atoms with Crippen molar-refractivity contribution in [3.05, 3.63) is 16.4 Å². The number of hydrogen-bond donors (Lipinski definition) is 1. The maximum Gasteiger partial charge on any atom is 0.0767 e. The Bertz CT molecular complexity index is 371. The van der Waals surface area contributed by atoms with Crippen LogP contribution in [0.5, 0.6) is 0 Å². The van der Waals surface area contributed by atoms with Crippen LogP contribution in [0.3, 0.4) is 0 Å². The lowest BCUT2D eigenvalue weighted by molar-refractivity contribution is 0.0446. The molecule has 0 aliphatic rings. The summed E-state index contributed by atoms with van der Waals surface area (Å²) in [6.07, 6.45) is 1.91. The summed E-state index contributed by atoms with van der Waals surface area (Å²) < 4.78 is 13.8. The van der Waals surface area contributed by atoms with Crippen molar-refractivity contribution < 1.29 is 9.47 Å². The standard InChI is InChI=1S/C13H24BrN3O2/c1-5-15-12(10(3)19-6-2)13-11(14)9-16-17(13)7-8-18-4/h9-10,12,15H,5-8H2,1-4H3. The Morgan fingerprint density at radius 3 is 2.79 bits per heavy atom. The minimum absolute atomic E-state index is 0.0826. The fourth-order valence-corrected chi connectivity index (χ4v) is 2.64. The molecule has 19 heavy (non-hydrogen) atoms. The SMILES string of the molecule is CCNC(c1c(Br)cnn1CCOC)C(C)OCC. The first-order valence-corrected chi connectivity index (χ1v) is 7.50. The number of hydrogen-bond acceptors (Lipinski definition) is 4. The second-order valence-electron chi connectivity index (χ2n) is 4.29. The second-order valence-corrected chi connectivity index (χ2v) is 5.14. The molecule has 1 heterocycles. The molecule has 5 nitrogen and oxygen atoms in total. The molecule has 0 aliphatic heterocycles. The molecule has 0 aromatic carbocycles. The molecule has 6 heteroatoms. The van der Waals surface area contributed by atoms with E-state index < -0.39 is 0 Å². The third-order valence-corrected chi connectivity index (χ3v) is 3.57. The van der Waals surface area contributed by atoms with E-state index in [-0.39, 0.29) is 12.1 Å². The van der Waals surface area contributed by atoms with Gasteiger partial charge in [0.2, 0.25) is 0 Å². The molecule has 2 unspecified atom stereocenters. The first kappa shape index (κ1) is 16.6. The fourth-order valence-electron chi connectivity index (χ4n) is 2.10. The second kappa shape index (κ2) is 8.68. The van der Waals surface area contributed by atoms with Crippen LogP contribution in [0.1, 0.15) is 32.5 Å². The average Bonchev–Trinajstić information content (AvgIpc) is 2.75. The van der Waals surface area contributed by atoms with Crippen LogP contribution in [0.2, 0.25) is 0 Å². The Morgan fingerprint density at radius 1 is 1.47 bits per heavy atom. The summed E-state index contributed by atoms with van der Waals surface area (Å²) in [6, 6.07) is 0.110. The molecule has 0 aliphatic carbocycles. The van der Waals surface area contributed by atoms with E-state index in [9.17, 15) is 0 Å². The molecule has 110 valence electrons. The van der Waals surface area contributed by atoms with Crippen molar-refractivity contribution in [2.45, 2.75) is 39.5 Å². The molecule has 0 fully saturated rings. The maximum absolute atomic E-state index is 5.74. The largest absolute Gasteiger partial charge is 0.383 e. The minimum atomic E-state index is 0.0826. The number of nitrogens with zero attached hydrogens (tertiary/aromatic N) is 2. The Morgan fingerprint density at radius 2 is 2.21 bits per heavy atom. The molecule has 0 amide bonds. The van der Waals surface area contributed by atoms with Gasteiger partial charge in [-0.15, -0.1) is 0 Å². The monoisotopic (exact) mass is 333 g/mol. The molecular formula is C13H24BrN3O2. The van der Waals surface area contributed by atoms with Gasteiger partial charge in [0.1, 0.15) is 0 Å². The number of aromatic nitrogens is 2. The van der Waals surface area contributed by atoms with Gasteiger partial charge < -0.3 is 14.8 Å². The molecule has 0 saturated carbocycles. The van der Waals surface area contributed by atoms with E-state index in [1.807, 2.05) is 17.8 Å². The summed E-state index contributed by atoms with van der Waals surface area (Å²) in [5.41, 5.74) is 1.11. The molecule has 2 atom stereocenters. The van der Waals surface area contributed by atoms with Crippen LogP contribution < -0.4 is 5.32 Å². The number of ether oxygens (including phenoxy) is 2. The molecule has 0 spiro atoms. The van der Waals surface area contributed by atoms with Crippen LogP contribution in [0.25, 0.3) is 0 Å². The van der Waals surface area contributed by atoms with Gasteiger partial charge in [-0.1, -0.05) is 6.92 Å². The summed E-state index contributed by atoms with van der Waals surface area (Å²) in [5.74, 6) is 0. The molecule has 1 N–H and O–H groups in total. The first-order valence-electron chi connectivity index (χ1n) is 6.70. The van der Waals surface area contributed by atoms with Gasteiger partial charge >= 0.3 is 0 Å². The van der Waals surface area contributed by atoms with Crippen LogP contribution in [-0.4, -0.2) is 42.8 Å². The van der Waals surface area contributed by atoms with Gasteiger partial charge in [-0.2, -0.15) is 5.10 Å². The van der Waals surface area contributed by atoms with E-state index in [2.05, 4.69) is 40.2 Å². The van der Waals surface area contributed by atoms with Gasteiger partial charge in [0.05, 0.1) is 41.7 Å². The highest BCUT2D eigenvalue weighted by Crippen LogP contribution is 2.27. The Hall–Kier alpha value is -0.430. The Kier molecular flexibility index (Phi) is 7.60. The summed E-state index contributed by atoms with van der Waals surface area (Å²) in [5, 5.41) is 7.86. The third-order valence-electron chi connectivity index (χ3n) is 2.96. The van der Waals surface area contributed by atoms with Gasteiger partial charge in [-0.25, -0.2) is 0 Å². The van der Waals surface area contributed by atoms with Crippen molar-refractivity contribution in [3.63, 3.8) is 0 Å². The van der Waals surface area contributed by atoms with Crippen molar-refractivity contribution in [1.82, 2.24) is 15.1 Å². The third kappa shape index (κ3) is 4.56. The van der Waals surface area contributed by atoms with Crippen LogP contribution >= 0.6 is 15.9 Å². The lowest BCUT2D eigenvalue weighted by atomic mass is 10.1. The van der Waals surface area contributed by atoms with E-state index in [0.717, 1.165) is 23.3 Å². The van der Waals surface area contributed by atoms with E-state index in [1.165, 1.54) is 0 Å². The quantitative estimate of drug-likeness (QED) is 0.753. The van der Waals surface area contributed by atoms with Crippen molar-refractivity contribution in [2.75, 3.05) is 26.9 Å². The first-order chi connectivity index (χ1) is 9.15. The predicted molar refractivity (Wildman–Crippen MR) is 79.3 cm³/mol. The van der Waals surface area contributed by atoms with Crippen LogP contribution in [0.15, 0.2) is 10.7 Å². The van der Waals surface area contributed by atoms with Gasteiger partial charge in [0.15, 0.2) is 0 Å². The molecule has 0 bridgehead atoms.